The second-order valence-electron chi connectivity index (χ2n) is 5.28. The molecule has 1 amide bonds. The average molecular weight is 392 g/mol. The van der Waals surface area contributed by atoms with Gasteiger partial charge in [-0.25, -0.2) is 4.79 Å². The molecular weight excluding hydrogens is 374 g/mol. The minimum Gasteiger partial charge on any atom is -0.493 e. The van der Waals surface area contributed by atoms with E-state index >= 15 is 0 Å². The lowest BCUT2D eigenvalue weighted by Gasteiger charge is -2.12. The highest BCUT2D eigenvalue weighted by Gasteiger charge is 2.13. The van der Waals surface area contributed by atoms with Crippen molar-refractivity contribution in [3.05, 3.63) is 52.6 Å². The molecule has 0 aromatic heterocycles. The van der Waals surface area contributed by atoms with Gasteiger partial charge in [0.05, 0.1) is 32.6 Å². The van der Waals surface area contributed by atoms with Crippen molar-refractivity contribution in [2.45, 2.75) is 0 Å². The van der Waals surface area contributed by atoms with Crippen LogP contribution in [0.15, 0.2) is 36.4 Å². The molecule has 0 aliphatic carbocycles. The van der Waals surface area contributed by atoms with Crippen LogP contribution in [0.5, 0.6) is 17.2 Å². The summed E-state index contributed by atoms with van der Waals surface area (Å²) in [7, 11) is 4.47. The number of aromatic carboxylic acids is 1. The average Bonchev–Trinajstić information content (AvgIpc) is 2.65. The molecule has 2 rings (SSSR count). The number of hydrogen-bond acceptors (Lipinski definition) is 5. The summed E-state index contributed by atoms with van der Waals surface area (Å²) in [5, 5.41) is 12.0. The number of halogens is 1. The highest BCUT2D eigenvalue weighted by molar-refractivity contribution is 6.31. The van der Waals surface area contributed by atoms with E-state index in [4.69, 9.17) is 25.8 Å². The van der Waals surface area contributed by atoms with E-state index in [2.05, 4.69) is 5.32 Å². The summed E-state index contributed by atoms with van der Waals surface area (Å²) in [6.07, 6.45) is 2.79. The number of nitrogens with one attached hydrogen (secondary N) is 1. The summed E-state index contributed by atoms with van der Waals surface area (Å²) in [5.74, 6) is -0.365. The molecule has 0 radical (unpaired) electrons. The molecule has 0 aliphatic rings. The number of hydrogen-bond donors (Lipinski definition) is 2. The molecule has 8 heteroatoms. The summed E-state index contributed by atoms with van der Waals surface area (Å²) in [5.41, 5.74) is 0.674. The zero-order valence-electron chi connectivity index (χ0n) is 14.9. The van der Waals surface area contributed by atoms with Crippen molar-refractivity contribution in [2.24, 2.45) is 0 Å². The van der Waals surface area contributed by atoms with Crippen LogP contribution < -0.4 is 19.5 Å². The Bertz CT molecular complexity index is 869. The fraction of sp³-hybridized carbons (Fsp3) is 0.158. The van der Waals surface area contributed by atoms with E-state index in [1.165, 1.54) is 51.7 Å². The van der Waals surface area contributed by atoms with E-state index in [9.17, 15) is 14.7 Å². The van der Waals surface area contributed by atoms with Gasteiger partial charge in [0.15, 0.2) is 11.5 Å². The Hall–Kier alpha value is -3.19. The van der Waals surface area contributed by atoms with E-state index in [1.54, 1.807) is 12.1 Å². The van der Waals surface area contributed by atoms with Crippen molar-refractivity contribution in [3.63, 3.8) is 0 Å². The maximum absolute atomic E-state index is 12.2. The molecule has 0 spiro atoms. The Morgan fingerprint density at radius 1 is 1.04 bits per heavy atom. The standard InChI is InChI=1S/C19H18ClNO6/c1-25-15-8-11(9-16(26-2)18(15)27-3)4-7-17(22)21-14-10-12(20)5-6-13(14)19(23)24/h4-10H,1-3H3,(H,21,22)(H,23,24)/b7-4+. The first-order chi connectivity index (χ1) is 12.9. The zero-order valence-corrected chi connectivity index (χ0v) is 15.7. The number of carbonyl (C=O) groups is 2. The molecule has 0 bridgehead atoms. The lowest BCUT2D eigenvalue weighted by molar-refractivity contribution is -0.111. The lowest BCUT2D eigenvalue weighted by atomic mass is 10.1. The van der Waals surface area contributed by atoms with E-state index in [0.717, 1.165) is 0 Å². The monoisotopic (exact) mass is 391 g/mol. The summed E-state index contributed by atoms with van der Waals surface area (Å²) < 4.78 is 15.8. The maximum Gasteiger partial charge on any atom is 0.337 e. The van der Waals surface area contributed by atoms with Crippen LogP contribution in [-0.2, 0) is 4.79 Å². The van der Waals surface area contributed by atoms with Gasteiger partial charge in [0.2, 0.25) is 11.7 Å². The molecule has 142 valence electrons. The third-order valence-corrected chi connectivity index (χ3v) is 3.82. The Morgan fingerprint density at radius 3 is 2.19 bits per heavy atom. The van der Waals surface area contributed by atoms with Crippen molar-refractivity contribution in [2.75, 3.05) is 26.6 Å². The summed E-state index contributed by atoms with van der Waals surface area (Å²) >= 11 is 5.87. The van der Waals surface area contributed by atoms with Crippen LogP contribution in [0.4, 0.5) is 5.69 Å². The smallest absolute Gasteiger partial charge is 0.337 e. The van der Waals surface area contributed by atoms with Crippen LogP contribution in [0.3, 0.4) is 0 Å². The number of carboxylic acids is 1. The highest BCUT2D eigenvalue weighted by Crippen LogP contribution is 2.38. The van der Waals surface area contributed by atoms with Crippen LogP contribution in [0.2, 0.25) is 5.02 Å². The molecule has 0 saturated carbocycles. The molecule has 0 heterocycles. The van der Waals surface area contributed by atoms with E-state index < -0.39 is 11.9 Å². The van der Waals surface area contributed by atoms with Crippen LogP contribution >= 0.6 is 11.6 Å². The molecule has 7 nitrogen and oxygen atoms in total. The van der Waals surface area contributed by atoms with Gasteiger partial charge >= 0.3 is 5.97 Å². The number of rotatable bonds is 7. The second-order valence-corrected chi connectivity index (χ2v) is 5.71. The number of carbonyl (C=O) groups excluding carboxylic acids is 1. The topological polar surface area (TPSA) is 94.1 Å². The molecule has 2 aromatic carbocycles. The first-order valence-corrected chi connectivity index (χ1v) is 8.09. The molecule has 0 saturated heterocycles. The summed E-state index contributed by atoms with van der Waals surface area (Å²) in [4.78, 5) is 23.4. The Morgan fingerprint density at radius 2 is 1.67 bits per heavy atom. The molecule has 0 unspecified atom stereocenters. The number of methoxy groups -OCH3 is 3. The third kappa shape index (κ3) is 4.92. The molecule has 0 fully saturated rings. The highest BCUT2D eigenvalue weighted by atomic mass is 35.5. The zero-order chi connectivity index (χ0) is 20.0. The second kappa shape index (κ2) is 8.95. The van der Waals surface area contributed by atoms with E-state index in [-0.39, 0.29) is 11.3 Å². The van der Waals surface area contributed by atoms with Crippen molar-refractivity contribution < 1.29 is 28.9 Å². The molecular formula is C19H18ClNO6. The first-order valence-electron chi connectivity index (χ1n) is 7.71. The minimum atomic E-state index is -1.17. The summed E-state index contributed by atoms with van der Waals surface area (Å²) in [6, 6.07) is 7.48. The van der Waals surface area contributed by atoms with Gasteiger partial charge in [-0.05, 0) is 42.0 Å². The number of ether oxygens (including phenoxy) is 3. The lowest BCUT2D eigenvalue weighted by Crippen LogP contribution is -2.12. The van der Waals surface area contributed by atoms with Gasteiger partial charge in [-0.2, -0.15) is 0 Å². The maximum atomic E-state index is 12.2. The molecule has 0 aliphatic heterocycles. The predicted octanol–water partition coefficient (Wildman–Crippen LogP) is 3.72. The van der Waals surface area contributed by atoms with Crippen LogP contribution in [0.25, 0.3) is 6.08 Å². The normalized spacial score (nSPS) is 10.5. The van der Waals surface area contributed by atoms with E-state index in [0.29, 0.717) is 27.8 Å². The fourth-order valence-electron chi connectivity index (χ4n) is 2.35. The van der Waals surface area contributed by atoms with Gasteiger partial charge in [-0.1, -0.05) is 11.6 Å². The van der Waals surface area contributed by atoms with Gasteiger partial charge in [0.25, 0.3) is 0 Å². The van der Waals surface area contributed by atoms with Gasteiger partial charge in [0, 0.05) is 11.1 Å². The number of carboxylic acid groups (broad SMARTS) is 1. The number of amides is 1. The van der Waals surface area contributed by atoms with Crippen molar-refractivity contribution in [1.29, 1.82) is 0 Å². The van der Waals surface area contributed by atoms with Crippen LogP contribution in [0, 0.1) is 0 Å². The quantitative estimate of drug-likeness (QED) is 0.698. The van der Waals surface area contributed by atoms with Gasteiger partial charge in [-0.15, -0.1) is 0 Å². The van der Waals surface area contributed by atoms with Crippen molar-refractivity contribution >= 4 is 35.2 Å². The first kappa shape index (κ1) is 20.1. The third-order valence-electron chi connectivity index (χ3n) is 3.58. The number of anilines is 1. The van der Waals surface area contributed by atoms with Crippen molar-refractivity contribution in [1.82, 2.24) is 0 Å². The Labute approximate surface area is 161 Å². The molecule has 0 atom stereocenters. The minimum absolute atomic E-state index is 0.0612. The number of benzene rings is 2. The van der Waals surface area contributed by atoms with Crippen LogP contribution in [-0.4, -0.2) is 38.3 Å². The SMILES string of the molecule is COc1cc(/C=C/C(=O)Nc2cc(Cl)ccc2C(=O)O)cc(OC)c1OC. The van der Waals surface area contributed by atoms with Gasteiger partial charge in [-0.3, -0.25) is 4.79 Å². The van der Waals surface area contributed by atoms with Crippen molar-refractivity contribution in [3.8, 4) is 17.2 Å². The molecule has 2 aromatic rings. The predicted molar refractivity (Wildman–Crippen MR) is 102 cm³/mol. The van der Waals surface area contributed by atoms with Crippen LogP contribution in [0.1, 0.15) is 15.9 Å². The van der Waals surface area contributed by atoms with Gasteiger partial charge < -0.3 is 24.6 Å². The van der Waals surface area contributed by atoms with Gasteiger partial charge in [0.1, 0.15) is 0 Å². The largest absolute Gasteiger partial charge is 0.493 e. The summed E-state index contributed by atoms with van der Waals surface area (Å²) in [6.45, 7) is 0. The molecule has 27 heavy (non-hydrogen) atoms. The molecule has 2 N–H and O–H groups in total. The Balaban J connectivity index is 2.25. The Kier molecular flexibility index (Phi) is 6.67. The van der Waals surface area contributed by atoms with E-state index in [1.807, 2.05) is 0 Å². The fourth-order valence-corrected chi connectivity index (χ4v) is 2.52.